The van der Waals surface area contributed by atoms with E-state index in [1.807, 2.05) is 37.2 Å². The number of H-pyrrole nitrogens is 2. The second kappa shape index (κ2) is 14.1. The first-order valence-electron chi connectivity index (χ1n) is 17.2. The molecule has 2 aromatic heterocycles. The van der Waals surface area contributed by atoms with E-state index in [0.29, 0.717) is 12.6 Å². The van der Waals surface area contributed by atoms with E-state index >= 15 is 0 Å². The number of carbonyl (C=O) groups excluding carboxylic acids is 2. The third-order valence-electron chi connectivity index (χ3n) is 9.75. The van der Waals surface area contributed by atoms with Crippen LogP contribution in [0, 0.1) is 5.92 Å². The molecule has 0 aliphatic carbocycles. The van der Waals surface area contributed by atoms with Crippen LogP contribution in [-0.4, -0.2) is 63.1 Å². The zero-order valence-corrected chi connectivity index (χ0v) is 28.2. The molecule has 2 aliphatic heterocycles. The van der Waals surface area contributed by atoms with Gasteiger partial charge in [0.25, 0.3) is 0 Å². The number of hydrogen-bond donors (Lipinski definition) is 4. The van der Waals surface area contributed by atoms with E-state index in [4.69, 9.17) is 9.72 Å². The minimum absolute atomic E-state index is 0.0939. The lowest BCUT2D eigenvalue weighted by Gasteiger charge is -2.30. The molecule has 2 amide bonds. The van der Waals surface area contributed by atoms with Gasteiger partial charge in [0.05, 0.1) is 43.0 Å². The molecule has 7 rings (SSSR count). The molecular weight excluding hydrogens is 614 g/mol. The molecule has 49 heavy (non-hydrogen) atoms. The number of amides is 2. The average molecular weight is 658 g/mol. The molecule has 10 heteroatoms. The van der Waals surface area contributed by atoms with Crippen molar-refractivity contribution in [3.8, 4) is 44.8 Å². The van der Waals surface area contributed by atoms with Crippen LogP contribution in [0.5, 0.6) is 0 Å². The first kappa shape index (κ1) is 32.3. The second-order valence-corrected chi connectivity index (χ2v) is 13.3. The van der Waals surface area contributed by atoms with Gasteiger partial charge in [0.1, 0.15) is 17.7 Å². The van der Waals surface area contributed by atoms with Gasteiger partial charge in [-0.25, -0.2) is 14.8 Å². The van der Waals surface area contributed by atoms with Gasteiger partial charge in [0.15, 0.2) is 0 Å². The van der Waals surface area contributed by atoms with Crippen molar-refractivity contribution in [1.29, 1.82) is 0 Å². The van der Waals surface area contributed by atoms with Crippen LogP contribution in [0.25, 0.3) is 44.8 Å². The van der Waals surface area contributed by atoms with Crippen LogP contribution in [-0.2, 0) is 9.53 Å². The van der Waals surface area contributed by atoms with Crippen molar-refractivity contribution in [2.45, 2.75) is 57.7 Å². The molecule has 2 saturated heterocycles. The monoisotopic (exact) mass is 657 g/mol. The molecule has 10 nitrogen and oxygen atoms in total. The summed E-state index contributed by atoms with van der Waals surface area (Å²) in [6.45, 7) is 5.48. The van der Waals surface area contributed by atoms with Crippen LogP contribution in [0.4, 0.5) is 4.79 Å². The van der Waals surface area contributed by atoms with Gasteiger partial charge in [-0.2, -0.15) is 0 Å². The largest absolute Gasteiger partial charge is 0.453 e. The summed E-state index contributed by atoms with van der Waals surface area (Å²) in [6, 6.07) is 25.0. The number of benzene rings is 3. The van der Waals surface area contributed by atoms with Crippen molar-refractivity contribution in [2.24, 2.45) is 5.92 Å². The van der Waals surface area contributed by atoms with Gasteiger partial charge in [-0.05, 0) is 72.0 Å². The zero-order valence-electron chi connectivity index (χ0n) is 28.2. The Morgan fingerprint density at radius 2 is 1.49 bits per heavy atom. The number of hydrogen-bond acceptors (Lipinski definition) is 6. The highest BCUT2D eigenvalue weighted by Gasteiger charge is 2.37. The number of carbonyl (C=O) groups is 2. The topological polar surface area (TPSA) is 128 Å². The fourth-order valence-electron chi connectivity index (χ4n) is 7.07. The van der Waals surface area contributed by atoms with Gasteiger partial charge < -0.3 is 30.2 Å². The number of rotatable bonds is 9. The summed E-state index contributed by atoms with van der Waals surface area (Å²) in [5.74, 6) is 1.53. The van der Waals surface area contributed by atoms with E-state index in [-0.39, 0.29) is 17.9 Å². The Hall–Kier alpha value is -5.22. The Labute approximate surface area is 286 Å². The number of nitrogens with one attached hydrogen (secondary N) is 4. The lowest BCUT2D eigenvalue weighted by atomic mass is 9.91. The molecule has 2 fully saturated rings. The highest BCUT2D eigenvalue weighted by Crippen LogP contribution is 2.38. The molecule has 4 heterocycles. The van der Waals surface area contributed by atoms with Crippen LogP contribution >= 0.6 is 0 Å². The lowest BCUT2D eigenvalue weighted by Crippen LogP contribution is -2.51. The van der Waals surface area contributed by atoms with Gasteiger partial charge in [0, 0.05) is 12.1 Å². The fourth-order valence-corrected chi connectivity index (χ4v) is 7.07. The van der Waals surface area contributed by atoms with Crippen molar-refractivity contribution in [2.75, 3.05) is 20.2 Å². The molecule has 0 saturated carbocycles. The first-order valence-corrected chi connectivity index (χ1v) is 17.2. The molecule has 252 valence electrons. The summed E-state index contributed by atoms with van der Waals surface area (Å²) in [6.07, 6.45) is 7.11. The number of aromatic amines is 2. The maximum atomic E-state index is 13.6. The van der Waals surface area contributed by atoms with Crippen molar-refractivity contribution in [3.05, 3.63) is 96.8 Å². The zero-order chi connectivity index (χ0) is 33.9. The van der Waals surface area contributed by atoms with E-state index in [9.17, 15) is 9.59 Å². The Bertz CT molecular complexity index is 1910. The van der Waals surface area contributed by atoms with Crippen LogP contribution in [0.1, 0.15) is 63.3 Å². The molecule has 3 aromatic carbocycles. The Morgan fingerprint density at radius 3 is 2.20 bits per heavy atom. The number of nitrogens with zero attached hydrogens (tertiary/aromatic N) is 3. The molecular formula is C39H43N7O3. The number of alkyl carbamates (subject to hydrolysis) is 1. The van der Waals surface area contributed by atoms with Crippen LogP contribution in [0.15, 0.2) is 85.2 Å². The Balaban J connectivity index is 1.15. The highest BCUT2D eigenvalue weighted by atomic mass is 16.5. The van der Waals surface area contributed by atoms with Crippen LogP contribution < -0.4 is 10.6 Å². The molecule has 0 unspecified atom stereocenters. The highest BCUT2D eigenvalue weighted by molar-refractivity contribution is 5.88. The quantitative estimate of drug-likeness (QED) is 0.132. The van der Waals surface area contributed by atoms with Gasteiger partial charge in [0.2, 0.25) is 5.91 Å². The number of methoxy groups -OCH3 is 1. The van der Waals surface area contributed by atoms with Crippen LogP contribution in [0.3, 0.4) is 0 Å². The van der Waals surface area contributed by atoms with E-state index in [1.165, 1.54) is 13.5 Å². The van der Waals surface area contributed by atoms with E-state index in [1.54, 1.807) is 0 Å². The summed E-state index contributed by atoms with van der Waals surface area (Å²) in [4.78, 5) is 43.9. The summed E-state index contributed by atoms with van der Waals surface area (Å²) < 4.78 is 4.78. The molecule has 4 N–H and O–H groups in total. The van der Waals surface area contributed by atoms with Crippen molar-refractivity contribution in [3.63, 3.8) is 0 Å². The van der Waals surface area contributed by atoms with E-state index in [2.05, 4.69) is 92.3 Å². The number of ether oxygens (including phenoxy) is 1. The lowest BCUT2D eigenvalue weighted by molar-refractivity contribution is -0.135. The summed E-state index contributed by atoms with van der Waals surface area (Å²) >= 11 is 0. The first-order chi connectivity index (χ1) is 23.9. The number of aromatic nitrogens is 4. The van der Waals surface area contributed by atoms with Crippen molar-refractivity contribution < 1.29 is 14.3 Å². The van der Waals surface area contributed by atoms with Gasteiger partial charge in [-0.3, -0.25) is 4.79 Å². The molecule has 3 atom stereocenters. The smallest absolute Gasteiger partial charge is 0.407 e. The maximum Gasteiger partial charge on any atom is 0.407 e. The van der Waals surface area contributed by atoms with Gasteiger partial charge >= 0.3 is 6.09 Å². The predicted octanol–water partition coefficient (Wildman–Crippen LogP) is 7.27. The van der Waals surface area contributed by atoms with Gasteiger partial charge in [-0.1, -0.05) is 80.6 Å². The summed E-state index contributed by atoms with van der Waals surface area (Å²) in [7, 11) is 1.30. The van der Waals surface area contributed by atoms with Gasteiger partial charge in [-0.15, -0.1) is 0 Å². The van der Waals surface area contributed by atoms with Crippen molar-refractivity contribution in [1.82, 2.24) is 35.5 Å². The summed E-state index contributed by atoms with van der Waals surface area (Å²) in [5, 5.41) is 6.23. The standard InChI is InChI=1S/C39H43N7O3/c1-24(2)35(45-39(48)49-3)38(47)46-20-8-12-34(46)37-42-23-33(44-37)28-17-18-29(30(21-28)25-9-5-4-6-10-25)26-13-15-27(16-14-26)32-22-41-36(43-32)31-11-7-19-40-31/h4-6,9-10,13-18,21-24,31,34-35,40H,7-8,11-12,19-20H2,1-3H3,(H,41,43)(H,42,44)(H,45,48)/t31-,34-,35-/m0/s1. The van der Waals surface area contributed by atoms with E-state index in [0.717, 1.165) is 82.2 Å². The Kier molecular flexibility index (Phi) is 9.30. The SMILES string of the molecule is COC(=O)N[C@H](C(=O)N1CCC[C@H]1c1ncc(-c2ccc(-c3ccc(-c4cnc([C@@H]5CCCN5)[nH]4)cc3)c(-c3ccccc3)c2)[nH]1)C(C)C. The normalized spacial score (nSPS) is 18.2. The summed E-state index contributed by atoms with van der Waals surface area (Å²) in [5.41, 5.74) is 8.50. The minimum Gasteiger partial charge on any atom is -0.453 e. The second-order valence-electron chi connectivity index (χ2n) is 13.3. The number of likely N-dealkylation sites (tertiary alicyclic amines) is 1. The predicted molar refractivity (Wildman–Crippen MR) is 190 cm³/mol. The average Bonchev–Trinajstić information content (AvgIpc) is 3.97. The third-order valence-corrected chi connectivity index (χ3v) is 9.75. The number of imidazole rings is 2. The molecule has 0 radical (unpaired) electrons. The molecule has 2 aliphatic rings. The minimum atomic E-state index is -0.677. The molecule has 0 spiro atoms. The molecule has 0 bridgehead atoms. The maximum absolute atomic E-state index is 13.6. The Morgan fingerprint density at radius 1 is 0.816 bits per heavy atom. The van der Waals surface area contributed by atoms with E-state index < -0.39 is 12.1 Å². The third kappa shape index (κ3) is 6.73. The van der Waals surface area contributed by atoms with Crippen molar-refractivity contribution >= 4 is 12.0 Å². The molecule has 5 aromatic rings. The fraction of sp³-hybridized carbons (Fsp3) is 0.333. The van der Waals surface area contributed by atoms with Crippen LogP contribution in [0.2, 0.25) is 0 Å².